The Morgan fingerprint density at radius 3 is 2.77 bits per heavy atom. The SMILES string of the molecule is CC(=O)Nc1ccc(N=CC2C(=O)Nc3ccc4ncccc4c32)cc1. The molecule has 1 aliphatic rings. The maximum atomic E-state index is 12.4. The van der Waals surface area contributed by atoms with E-state index in [0.717, 1.165) is 22.2 Å². The molecule has 2 aromatic carbocycles. The maximum absolute atomic E-state index is 12.4. The second kappa shape index (κ2) is 6.40. The number of fused-ring (bicyclic) bond motifs is 3. The second-order valence-electron chi connectivity index (χ2n) is 6.07. The van der Waals surface area contributed by atoms with Crippen molar-refractivity contribution in [1.82, 2.24) is 4.98 Å². The highest BCUT2D eigenvalue weighted by molar-refractivity contribution is 6.16. The van der Waals surface area contributed by atoms with E-state index in [2.05, 4.69) is 20.6 Å². The molecule has 0 saturated carbocycles. The number of anilines is 2. The van der Waals surface area contributed by atoms with Gasteiger partial charge in [-0.25, -0.2) is 0 Å². The lowest BCUT2D eigenvalue weighted by atomic mass is 9.97. The number of rotatable bonds is 3. The van der Waals surface area contributed by atoms with Crippen molar-refractivity contribution in [3.63, 3.8) is 0 Å². The van der Waals surface area contributed by atoms with Gasteiger partial charge in [-0.05, 0) is 42.5 Å². The molecule has 1 unspecified atom stereocenters. The molecule has 0 spiro atoms. The topological polar surface area (TPSA) is 83.5 Å². The lowest BCUT2D eigenvalue weighted by Gasteiger charge is -2.07. The Morgan fingerprint density at radius 2 is 2.00 bits per heavy atom. The van der Waals surface area contributed by atoms with Gasteiger partial charge >= 0.3 is 0 Å². The number of nitrogens with zero attached hydrogens (tertiary/aromatic N) is 2. The first kappa shape index (κ1) is 16.0. The predicted octanol–water partition coefficient (Wildman–Crippen LogP) is 3.63. The van der Waals surface area contributed by atoms with Crippen molar-refractivity contribution in [2.45, 2.75) is 12.8 Å². The van der Waals surface area contributed by atoms with Gasteiger partial charge in [0.05, 0.1) is 11.2 Å². The molecular formula is C20H16N4O2. The van der Waals surface area contributed by atoms with Crippen molar-refractivity contribution in [1.29, 1.82) is 0 Å². The summed E-state index contributed by atoms with van der Waals surface area (Å²) >= 11 is 0. The van der Waals surface area contributed by atoms with E-state index in [1.165, 1.54) is 6.92 Å². The van der Waals surface area contributed by atoms with Crippen molar-refractivity contribution in [3.05, 3.63) is 60.3 Å². The summed E-state index contributed by atoms with van der Waals surface area (Å²) in [5.41, 5.74) is 3.96. The van der Waals surface area contributed by atoms with Gasteiger partial charge in [0.2, 0.25) is 11.8 Å². The minimum atomic E-state index is -0.465. The first-order valence-corrected chi connectivity index (χ1v) is 8.22. The van der Waals surface area contributed by atoms with Crippen LogP contribution in [0.3, 0.4) is 0 Å². The molecule has 6 heteroatoms. The minimum Gasteiger partial charge on any atom is -0.326 e. The molecule has 0 saturated heterocycles. The van der Waals surface area contributed by atoms with Gasteiger partial charge in [0.1, 0.15) is 5.92 Å². The van der Waals surface area contributed by atoms with Crippen LogP contribution in [0.1, 0.15) is 18.4 Å². The average Bonchev–Trinajstić information content (AvgIpc) is 2.96. The van der Waals surface area contributed by atoms with Crippen LogP contribution in [0.5, 0.6) is 0 Å². The summed E-state index contributed by atoms with van der Waals surface area (Å²) in [6.07, 6.45) is 3.39. The fraction of sp³-hybridized carbons (Fsp3) is 0.100. The van der Waals surface area contributed by atoms with E-state index in [9.17, 15) is 9.59 Å². The number of nitrogens with one attached hydrogen (secondary N) is 2. The van der Waals surface area contributed by atoms with E-state index < -0.39 is 5.92 Å². The van der Waals surface area contributed by atoms with Crippen molar-refractivity contribution in [3.8, 4) is 0 Å². The van der Waals surface area contributed by atoms with E-state index in [1.807, 2.05) is 24.3 Å². The summed E-state index contributed by atoms with van der Waals surface area (Å²) in [7, 11) is 0. The molecule has 1 aliphatic heterocycles. The second-order valence-corrected chi connectivity index (χ2v) is 6.07. The Hall–Kier alpha value is -3.54. The lowest BCUT2D eigenvalue weighted by molar-refractivity contribution is -0.116. The maximum Gasteiger partial charge on any atom is 0.237 e. The van der Waals surface area contributed by atoms with E-state index in [4.69, 9.17) is 0 Å². The van der Waals surface area contributed by atoms with Gasteiger partial charge in [-0.2, -0.15) is 0 Å². The molecule has 1 atom stereocenters. The molecule has 3 aromatic rings. The fourth-order valence-electron chi connectivity index (χ4n) is 3.10. The number of carbonyl (C=O) groups excluding carboxylic acids is 2. The molecule has 2 heterocycles. The third-order valence-corrected chi connectivity index (χ3v) is 4.24. The van der Waals surface area contributed by atoms with E-state index in [-0.39, 0.29) is 11.8 Å². The quantitative estimate of drug-likeness (QED) is 0.712. The molecular weight excluding hydrogens is 328 g/mol. The molecule has 2 amide bonds. The molecule has 1 aromatic heterocycles. The van der Waals surface area contributed by atoms with E-state index >= 15 is 0 Å². The summed E-state index contributed by atoms with van der Waals surface area (Å²) in [6.45, 7) is 1.46. The highest BCUT2D eigenvalue weighted by Crippen LogP contribution is 2.37. The van der Waals surface area contributed by atoms with Gasteiger partial charge in [0.15, 0.2) is 0 Å². The van der Waals surface area contributed by atoms with Crippen molar-refractivity contribution in [2.75, 3.05) is 10.6 Å². The number of aliphatic imine (C=N–C) groups is 1. The van der Waals surface area contributed by atoms with Crippen LogP contribution in [0.15, 0.2) is 59.7 Å². The predicted molar refractivity (Wildman–Crippen MR) is 102 cm³/mol. The summed E-state index contributed by atoms with van der Waals surface area (Å²) in [4.78, 5) is 32.3. The minimum absolute atomic E-state index is 0.102. The Kier molecular flexibility index (Phi) is 3.93. The number of hydrogen-bond acceptors (Lipinski definition) is 4. The first-order valence-electron chi connectivity index (χ1n) is 8.22. The molecule has 0 radical (unpaired) electrons. The molecule has 128 valence electrons. The lowest BCUT2D eigenvalue weighted by Crippen LogP contribution is -2.13. The molecule has 26 heavy (non-hydrogen) atoms. The van der Waals surface area contributed by atoms with Crippen LogP contribution in [-0.4, -0.2) is 23.0 Å². The molecule has 2 N–H and O–H groups in total. The number of amides is 2. The Bertz CT molecular complexity index is 1040. The number of pyridine rings is 1. The average molecular weight is 344 g/mol. The molecule has 0 bridgehead atoms. The zero-order valence-electron chi connectivity index (χ0n) is 14.1. The van der Waals surface area contributed by atoms with Crippen molar-refractivity contribution in [2.24, 2.45) is 4.99 Å². The summed E-state index contributed by atoms with van der Waals surface area (Å²) in [5, 5.41) is 6.55. The zero-order chi connectivity index (χ0) is 18.1. The van der Waals surface area contributed by atoms with Crippen LogP contribution in [0.4, 0.5) is 17.1 Å². The van der Waals surface area contributed by atoms with Crippen LogP contribution in [0, 0.1) is 0 Å². The smallest absolute Gasteiger partial charge is 0.237 e. The summed E-state index contributed by atoms with van der Waals surface area (Å²) in [5.74, 6) is -0.691. The largest absolute Gasteiger partial charge is 0.326 e. The van der Waals surface area contributed by atoms with Gasteiger partial charge in [-0.1, -0.05) is 6.07 Å². The van der Waals surface area contributed by atoms with E-state index in [0.29, 0.717) is 11.4 Å². The van der Waals surface area contributed by atoms with E-state index in [1.54, 1.807) is 36.7 Å². The van der Waals surface area contributed by atoms with Gasteiger partial charge in [-0.15, -0.1) is 0 Å². The van der Waals surface area contributed by atoms with Crippen LogP contribution in [-0.2, 0) is 9.59 Å². The molecule has 6 nitrogen and oxygen atoms in total. The highest BCUT2D eigenvalue weighted by Gasteiger charge is 2.31. The van der Waals surface area contributed by atoms with Gasteiger partial charge < -0.3 is 10.6 Å². The monoisotopic (exact) mass is 344 g/mol. The van der Waals surface area contributed by atoms with Gasteiger partial charge in [-0.3, -0.25) is 19.6 Å². The summed E-state index contributed by atoms with van der Waals surface area (Å²) < 4.78 is 0. The molecule has 0 aliphatic carbocycles. The van der Waals surface area contributed by atoms with Crippen LogP contribution in [0.25, 0.3) is 10.9 Å². The first-order chi connectivity index (χ1) is 12.6. The highest BCUT2D eigenvalue weighted by atomic mass is 16.2. The number of benzene rings is 2. The Labute approximate surface area is 150 Å². The van der Waals surface area contributed by atoms with Crippen LogP contribution in [0.2, 0.25) is 0 Å². The van der Waals surface area contributed by atoms with Crippen LogP contribution < -0.4 is 10.6 Å². The summed E-state index contributed by atoms with van der Waals surface area (Å²) in [6, 6.07) is 14.7. The number of carbonyl (C=O) groups is 2. The Balaban J connectivity index is 1.65. The molecule has 0 fully saturated rings. The van der Waals surface area contributed by atoms with Crippen molar-refractivity contribution < 1.29 is 9.59 Å². The third kappa shape index (κ3) is 2.93. The number of hydrogen-bond donors (Lipinski definition) is 2. The zero-order valence-corrected chi connectivity index (χ0v) is 14.1. The van der Waals surface area contributed by atoms with Crippen LogP contribution >= 0.6 is 0 Å². The Morgan fingerprint density at radius 1 is 1.19 bits per heavy atom. The van der Waals surface area contributed by atoms with Gasteiger partial charge in [0.25, 0.3) is 0 Å². The third-order valence-electron chi connectivity index (χ3n) is 4.24. The van der Waals surface area contributed by atoms with Crippen molar-refractivity contribution >= 4 is 46.0 Å². The number of aromatic nitrogens is 1. The van der Waals surface area contributed by atoms with Gasteiger partial charge in [0, 0.05) is 41.7 Å². The standard InChI is InChI=1S/C20H16N4O2/c1-12(25)23-14-6-4-13(5-7-14)22-11-16-19-15-3-2-10-21-17(15)8-9-18(19)24-20(16)26/h2-11,16H,1H3,(H,23,25)(H,24,26). The molecule has 4 rings (SSSR count). The normalized spacial score (nSPS) is 15.9. The fourth-order valence-corrected chi connectivity index (χ4v) is 3.10.